The van der Waals surface area contributed by atoms with Crippen molar-refractivity contribution in [2.75, 3.05) is 12.4 Å². The zero-order valence-electron chi connectivity index (χ0n) is 12.2. The van der Waals surface area contributed by atoms with Crippen LogP contribution in [0.25, 0.3) is 0 Å². The van der Waals surface area contributed by atoms with E-state index in [1.54, 1.807) is 20.8 Å². The molecule has 0 heterocycles. The summed E-state index contributed by atoms with van der Waals surface area (Å²) in [4.78, 5) is 22.9. The fraction of sp³-hybridized carbons (Fsp3) is 0.429. The van der Waals surface area contributed by atoms with E-state index in [0.29, 0.717) is 0 Å². The Hall–Kier alpha value is -2.18. The minimum atomic E-state index is -3.10. The molecule has 1 aromatic rings. The highest BCUT2D eigenvalue weighted by atomic mass is 19.3. The third-order valence-corrected chi connectivity index (χ3v) is 2.32. The number of Topliss-reactive ketones (excluding diaryl/α,β-unsaturated/α-hetero) is 1. The van der Waals surface area contributed by atoms with E-state index in [1.807, 2.05) is 0 Å². The Morgan fingerprint density at radius 1 is 1.24 bits per heavy atom. The monoisotopic (exact) mass is 301 g/mol. The van der Waals surface area contributed by atoms with Crippen molar-refractivity contribution in [1.29, 1.82) is 0 Å². The normalized spacial score (nSPS) is 11.2. The van der Waals surface area contributed by atoms with Gasteiger partial charge in [-0.15, -0.1) is 0 Å². The Morgan fingerprint density at radius 3 is 2.33 bits per heavy atom. The standard InChI is InChI=1S/C14H17F2NO4/c1-14(2,3)21-13(19)17-9-6-5-8(7-10(9)20-4)11(18)12(15)16/h5-7,12H,1-4H3,(H,17,19). The molecule has 1 amide bonds. The smallest absolute Gasteiger partial charge is 0.412 e. The van der Waals surface area contributed by atoms with Gasteiger partial charge in [-0.25, -0.2) is 13.6 Å². The zero-order chi connectivity index (χ0) is 16.2. The number of ether oxygens (including phenoxy) is 2. The van der Waals surface area contributed by atoms with Crippen LogP contribution in [0.5, 0.6) is 5.75 Å². The molecular formula is C14H17F2NO4. The maximum atomic E-state index is 12.4. The molecule has 1 rings (SSSR count). The molecule has 0 fully saturated rings. The van der Waals surface area contributed by atoms with Crippen LogP contribution in [0.4, 0.5) is 19.3 Å². The molecule has 0 unspecified atom stereocenters. The third-order valence-electron chi connectivity index (χ3n) is 2.32. The van der Waals surface area contributed by atoms with Crippen molar-refractivity contribution < 1.29 is 27.8 Å². The predicted octanol–water partition coefficient (Wildman–Crippen LogP) is 3.49. The first-order chi connectivity index (χ1) is 9.64. The fourth-order valence-corrected chi connectivity index (χ4v) is 1.49. The molecule has 7 heteroatoms. The number of carbonyl (C=O) groups is 2. The number of alkyl halides is 2. The largest absolute Gasteiger partial charge is 0.495 e. The lowest BCUT2D eigenvalue weighted by Gasteiger charge is -2.20. The molecular weight excluding hydrogens is 284 g/mol. The summed E-state index contributed by atoms with van der Waals surface area (Å²) in [6.07, 6.45) is -3.81. The van der Waals surface area contributed by atoms with Crippen molar-refractivity contribution in [3.63, 3.8) is 0 Å². The van der Waals surface area contributed by atoms with E-state index in [9.17, 15) is 18.4 Å². The molecule has 116 valence electrons. The zero-order valence-corrected chi connectivity index (χ0v) is 12.2. The minimum absolute atomic E-state index is 0.0901. The van der Waals surface area contributed by atoms with Gasteiger partial charge in [-0.3, -0.25) is 10.1 Å². The summed E-state index contributed by atoms with van der Waals surface area (Å²) < 4.78 is 34.8. The molecule has 5 nitrogen and oxygen atoms in total. The average molecular weight is 301 g/mol. The molecule has 0 radical (unpaired) electrons. The number of carbonyl (C=O) groups excluding carboxylic acids is 2. The van der Waals surface area contributed by atoms with E-state index in [2.05, 4.69) is 5.32 Å². The number of hydrogen-bond acceptors (Lipinski definition) is 4. The number of anilines is 1. The van der Waals surface area contributed by atoms with Gasteiger partial charge in [0.05, 0.1) is 12.8 Å². The van der Waals surface area contributed by atoms with Crippen molar-refractivity contribution in [1.82, 2.24) is 0 Å². The van der Waals surface area contributed by atoms with Gasteiger partial charge < -0.3 is 9.47 Å². The van der Waals surface area contributed by atoms with Gasteiger partial charge in [-0.2, -0.15) is 0 Å². The van der Waals surface area contributed by atoms with Gasteiger partial charge >= 0.3 is 12.5 Å². The summed E-state index contributed by atoms with van der Waals surface area (Å²) in [5.41, 5.74) is -0.655. The predicted molar refractivity (Wildman–Crippen MR) is 73.2 cm³/mol. The van der Waals surface area contributed by atoms with Crippen LogP contribution < -0.4 is 10.1 Å². The fourth-order valence-electron chi connectivity index (χ4n) is 1.49. The van der Waals surface area contributed by atoms with Crippen molar-refractivity contribution in [3.8, 4) is 5.75 Å². The first-order valence-electron chi connectivity index (χ1n) is 6.14. The highest BCUT2D eigenvalue weighted by Gasteiger charge is 2.21. The van der Waals surface area contributed by atoms with E-state index in [4.69, 9.17) is 9.47 Å². The molecule has 0 spiro atoms. The molecule has 0 saturated heterocycles. The number of methoxy groups -OCH3 is 1. The Balaban J connectivity index is 2.94. The summed E-state index contributed by atoms with van der Waals surface area (Å²) in [6.45, 7) is 5.11. The van der Waals surface area contributed by atoms with Gasteiger partial charge in [-0.05, 0) is 39.0 Å². The molecule has 0 aliphatic carbocycles. The van der Waals surface area contributed by atoms with E-state index >= 15 is 0 Å². The van der Waals surface area contributed by atoms with Gasteiger partial charge in [0.25, 0.3) is 0 Å². The summed E-state index contributed by atoms with van der Waals surface area (Å²) >= 11 is 0. The number of benzene rings is 1. The molecule has 1 N–H and O–H groups in total. The van der Waals surface area contributed by atoms with Crippen molar-refractivity contribution in [2.45, 2.75) is 32.8 Å². The second kappa shape index (κ2) is 6.51. The SMILES string of the molecule is COc1cc(C(=O)C(F)F)ccc1NC(=O)OC(C)(C)C. The number of nitrogens with one attached hydrogen (secondary N) is 1. The van der Waals surface area contributed by atoms with Crippen molar-refractivity contribution in [3.05, 3.63) is 23.8 Å². The van der Waals surface area contributed by atoms with Gasteiger partial charge in [0.15, 0.2) is 0 Å². The van der Waals surface area contributed by atoms with Crippen LogP contribution in [0.15, 0.2) is 18.2 Å². The number of hydrogen-bond donors (Lipinski definition) is 1. The molecule has 0 aromatic heterocycles. The van der Waals surface area contributed by atoms with Crippen LogP contribution >= 0.6 is 0 Å². The quantitative estimate of drug-likeness (QED) is 0.865. The Kier molecular flexibility index (Phi) is 5.23. The Labute approximate surface area is 121 Å². The second-order valence-corrected chi connectivity index (χ2v) is 5.21. The number of rotatable bonds is 4. The van der Waals surface area contributed by atoms with Crippen LogP contribution in [0, 0.1) is 0 Å². The maximum Gasteiger partial charge on any atom is 0.412 e. The second-order valence-electron chi connectivity index (χ2n) is 5.21. The van der Waals surface area contributed by atoms with Gasteiger partial charge in [-0.1, -0.05) is 0 Å². The van der Waals surface area contributed by atoms with Crippen LogP contribution in [0.2, 0.25) is 0 Å². The van der Waals surface area contributed by atoms with Crippen LogP contribution in [0.3, 0.4) is 0 Å². The summed E-state index contributed by atoms with van der Waals surface area (Å²) in [7, 11) is 1.30. The van der Waals surface area contributed by atoms with Gasteiger partial charge in [0.1, 0.15) is 11.4 Å². The van der Waals surface area contributed by atoms with Gasteiger partial charge in [0, 0.05) is 5.56 Å². The highest BCUT2D eigenvalue weighted by molar-refractivity contribution is 5.99. The molecule has 0 saturated carbocycles. The highest BCUT2D eigenvalue weighted by Crippen LogP contribution is 2.27. The molecule has 0 aliphatic heterocycles. The molecule has 0 aliphatic rings. The topological polar surface area (TPSA) is 64.6 Å². The number of halogens is 2. The molecule has 1 aromatic carbocycles. The first kappa shape index (κ1) is 16.9. The molecule has 21 heavy (non-hydrogen) atoms. The third kappa shape index (κ3) is 5.02. The van der Waals surface area contributed by atoms with Crippen LogP contribution in [0.1, 0.15) is 31.1 Å². The van der Waals surface area contributed by atoms with E-state index in [1.165, 1.54) is 19.2 Å². The summed E-state index contributed by atoms with van der Waals surface area (Å²) in [6, 6.07) is 3.63. The van der Waals surface area contributed by atoms with E-state index < -0.39 is 23.9 Å². The van der Waals surface area contributed by atoms with Crippen LogP contribution in [-0.2, 0) is 4.74 Å². The number of ketones is 1. The number of amides is 1. The van der Waals surface area contributed by atoms with Gasteiger partial charge in [0.2, 0.25) is 5.78 Å². The molecule has 0 atom stereocenters. The van der Waals surface area contributed by atoms with E-state index in [-0.39, 0.29) is 17.0 Å². The summed E-state index contributed by atoms with van der Waals surface area (Å²) in [5, 5.41) is 2.43. The Morgan fingerprint density at radius 2 is 1.86 bits per heavy atom. The Bertz CT molecular complexity index is 538. The minimum Gasteiger partial charge on any atom is -0.495 e. The first-order valence-corrected chi connectivity index (χ1v) is 6.14. The van der Waals surface area contributed by atoms with Crippen molar-refractivity contribution in [2.24, 2.45) is 0 Å². The van der Waals surface area contributed by atoms with E-state index in [0.717, 1.165) is 6.07 Å². The lowest BCUT2D eigenvalue weighted by Crippen LogP contribution is -2.27. The summed E-state index contributed by atoms with van der Waals surface area (Å²) in [5.74, 6) is -1.22. The van der Waals surface area contributed by atoms with Crippen molar-refractivity contribution >= 4 is 17.6 Å². The molecule has 0 bridgehead atoms. The average Bonchev–Trinajstić information content (AvgIpc) is 2.35. The lowest BCUT2D eigenvalue weighted by atomic mass is 10.1. The maximum absolute atomic E-state index is 12.4. The van der Waals surface area contributed by atoms with Crippen LogP contribution in [-0.4, -0.2) is 31.0 Å². The lowest BCUT2D eigenvalue weighted by molar-refractivity contribution is 0.0635.